The summed E-state index contributed by atoms with van der Waals surface area (Å²) in [5.74, 6) is 0. The Kier molecular flexibility index (Phi) is 1.52. The number of benzene rings is 1. The van der Waals surface area contributed by atoms with Crippen molar-refractivity contribution in [3.8, 4) is 0 Å². The van der Waals surface area contributed by atoms with Crippen LogP contribution in [0.25, 0.3) is 0 Å². The Morgan fingerprint density at radius 3 is 2.13 bits per heavy atom. The van der Waals surface area contributed by atoms with Crippen molar-refractivity contribution in [3.63, 3.8) is 0 Å². The molecule has 84 valence electrons. The maximum atomic E-state index is 12.4. The van der Waals surface area contributed by atoms with Gasteiger partial charge < -0.3 is 0 Å². The Hall–Kier alpha value is -1.11. The lowest BCUT2D eigenvalue weighted by molar-refractivity contribution is 0.391. The van der Waals surface area contributed by atoms with Gasteiger partial charge in [0.1, 0.15) is 0 Å². The number of halogens is 5. The second kappa shape index (κ2) is 2.18. The summed E-state index contributed by atoms with van der Waals surface area (Å²) in [7, 11) is -9.57. The zero-order valence-corrected chi connectivity index (χ0v) is 8.08. The van der Waals surface area contributed by atoms with Gasteiger partial charge in [0.25, 0.3) is 0 Å². The van der Waals surface area contributed by atoms with Gasteiger partial charge in [-0.05, 0) is 11.6 Å². The van der Waals surface area contributed by atoms with E-state index in [9.17, 15) is 19.4 Å². The van der Waals surface area contributed by atoms with Gasteiger partial charge in [0.05, 0.1) is 5.69 Å². The summed E-state index contributed by atoms with van der Waals surface area (Å²) in [4.78, 5) is 2.96. The molecule has 0 amide bonds. The van der Waals surface area contributed by atoms with E-state index in [1.165, 1.54) is 24.3 Å². The summed E-state index contributed by atoms with van der Waals surface area (Å²) < 4.78 is 61.8. The van der Waals surface area contributed by atoms with Crippen LogP contribution in [0.3, 0.4) is 0 Å². The molecule has 1 aliphatic rings. The molecule has 1 aromatic rings. The van der Waals surface area contributed by atoms with Gasteiger partial charge in [-0.15, -0.1) is 0 Å². The Labute approximate surface area is 82.4 Å². The van der Waals surface area contributed by atoms with Crippen LogP contribution in [0.1, 0.15) is 5.56 Å². The Morgan fingerprint density at radius 2 is 1.60 bits per heavy atom. The SMILES string of the molecule is FS(F)(F)(F)(F)C1=Nc2ccccc2C1. The van der Waals surface area contributed by atoms with Gasteiger partial charge in [-0.3, -0.25) is 0 Å². The monoisotopic (exact) mass is 243 g/mol. The highest BCUT2D eigenvalue weighted by Gasteiger charge is 2.69. The molecule has 2 rings (SSSR count). The fourth-order valence-corrected chi connectivity index (χ4v) is 2.03. The van der Waals surface area contributed by atoms with Gasteiger partial charge in [0, 0.05) is 6.42 Å². The fraction of sp³-hybridized carbons (Fsp3) is 0.125. The first-order valence-corrected chi connectivity index (χ1v) is 5.91. The smallest absolute Gasteiger partial charge is 0.237 e. The van der Waals surface area contributed by atoms with E-state index in [0.29, 0.717) is 0 Å². The topological polar surface area (TPSA) is 12.4 Å². The number of nitrogens with zero attached hydrogens (tertiary/aromatic N) is 1. The van der Waals surface area contributed by atoms with Gasteiger partial charge >= 0.3 is 10.2 Å². The molecule has 0 saturated carbocycles. The molecule has 0 radical (unpaired) electrons. The summed E-state index contributed by atoms with van der Waals surface area (Å²) in [6.07, 6.45) is -0.839. The van der Waals surface area contributed by atoms with E-state index < -0.39 is 21.7 Å². The number of rotatable bonds is 0. The third-order valence-corrected chi connectivity index (χ3v) is 3.15. The first-order chi connectivity index (χ1) is 6.56. The molecule has 0 saturated heterocycles. The minimum atomic E-state index is -9.57. The van der Waals surface area contributed by atoms with E-state index in [1.54, 1.807) is 0 Å². The quantitative estimate of drug-likeness (QED) is 0.592. The van der Waals surface area contributed by atoms with Crippen molar-refractivity contribution in [3.05, 3.63) is 29.8 Å². The first-order valence-electron chi connectivity index (χ1n) is 3.96. The van der Waals surface area contributed by atoms with Crippen LogP contribution < -0.4 is 0 Å². The molecule has 15 heavy (non-hydrogen) atoms. The highest BCUT2D eigenvalue weighted by Crippen LogP contribution is 2.99. The molecule has 0 atom stereocenters. The molecule has 1 aliphatic heterocycles. The van der Waals surface area contributed by atoms with Crippen molar-refractivity contribution in [1.29, 1.82) is 0 Å². The number of fused-ring (bicyclic) bond motifs is 1. The third kappa shape index (κ3) is 1.97. The van der Waals surface area contributed by atoms with Crippen LogP contribution in [0.5, 0.6) is 0 Å². The summed E-state index contributed by atoms with van der Waals surface area (Å²) in [6, 6.07) is 5.58. The molecule has 0 spiro atoms. The Balaban J connectivity index is 2.51. The number of para-hydroxylation sites is 1. The maximum Gasteiger partial charge on any atom is 0.322 e. The van der Waals surface area contributed by atoms with Crippen LogP contribution in [0, 0.1) is 0 Å². The predicted octanol–water partition coefficient (Wildman–Crippen LogP) is 4.57. The molecule has 1 heterocycles. The molecule has 1 aromatic carbocycles. The van der Waals surface area contributed by atoms with Crippen molar-refractivity contribution in [1.82, 2.24) is 0 Å². The second-order valence-electron chi connectivity index (χ2n) is 3.28. The average Bonchev–Trinajstić information content (AvgIpc) is 2.43. The first kappa shape index (κ1) is 10.4. The van der Waals surface area contributed by atoms with Gasteiger partial charge in [-0.2, -0.15) is 0 Å². The van der Waals surface area contributed by atoms with Crippen LogP contribution in [-0.4, -0.2) is 5.04 Å². The molecule has 0 N–H and O–H groups in total. The molecule has 0 aliphatic carbocycles. The highest BCUT2D eigenvalue weighted by atomic mass is 32.5. The van der Waals surface area contributed by atoms with E-state index in [4.69, 9.17) is 0 Å². The van der Waals surface area contributed by atoms with Gasteiger partial charge in [-0.25, -0.2) is 4.99 Å². The molecule has 0 bridgehead atoms. The molecular formula is C8H6F5NS. The van der Waals surface area contributed by atoms with Crippen LogP contribution >= 0.6 is 10.2 Å². The lowest BCUT2D eigenvalue weighted by Crippen LogP contribution is -2.19. The minimum absolute atomic E-state index is 0.0271. The molecule has 0 fully saturated rings. The highest BCUT2D eigenvalue weighted by molar-refractivity contribution is 8.57. The molecule has 1 nitrogen and oxygen atoms in total. The van der Waals surface area contributed by atoms with Crippen molar-refractivity contribution < 1.29 is 19.4 Å². The van der Waals surface area contributed by atoms with Crippen molar-refractivity contribution in [2.75, 3.05) is 0 Å². The fourth-order valence-electron chi connectivity index (χ4n) is 1.33. The van der Waals surface area contributed by atoms with Crippen molar-refractivity contribution in [2.45, 2.75) is 6.42 Å². The standard InChI is InChI=1S/C8H6F5NS/c9-15(10,11,12,13)8-5-6-3-1-2-4-7(6)14-8/h1-4H,5H2. The van der Waals surface area contributed by atoms with Gasteiger partial charge in [-0.1, -0.05) is 37.6 Å². The number of aliphatic imine (C=N–C) groups is 1. The largest absolute Gasteiger partial charge is 0.322 e. The van der Waals surface area contributed by atoms with E-state index in [0.717, 1.165) is 0 Å². The summed E-state index contributed by atoms with van der Waals surface area (Å²) in [5, 5.41) is -1.95. The second-order valence-corrected chi connectivity index (χ2v) is 5.69. The zero-order chi connectivity index (χ0) is 11.4. The number of hydrogen-bond acceptors (Lipinski definition) is 1. The Bertz CT molecular complexity index is 461. The van der Waals surface area contributed by atoms with E-state index >= 15 is 0 Å². The lowest BCUT2D eigenvalue weighted by atomic mass is 10.2. The van der Waals surface area contributed by atoms with Gasteiger partial charge in [0.2, 0.25) is 0 Å². The summed E-state index contributed by atoms with van der Waals surface area (Å²) in [5.41, 5.74) is 0.154. The molecular weight excluding hydrogens is 237 g/mol. The maximum absolute atomic E-state index is 12.4. The Morgan fingerprint density at radius 1 is 1.00 bits per heavy atom. The molecule has 0 aromatic heterocycles. The van der Waals surface area contributed by atoms with Crippen LogP contribution in [-0.2, 0) is 6.42 Å². The van der Waals surface area contributed by atoms with E-state index in [2.05, 4.69) is 4.99 Å². The van der Waals surface area contributed by atoms with Crippen LogP contribution in [0.15, 0.2) is 29.3 Å². The summed E-state index contributed by atoms with van der Waals surface area (Å²) in [6.45, 7) is 0. The zero-order valence-electron chi connectivity index (χ0n) is 7.26. The normalized spacial score (nSPS) is 20.2. The average molecular weight is 243 g/mol. The minimum Gasteiger partial charge on any atom is -0.237 e. The van der Waals surface area contributed by atoms with E-state index in [1.807, 2.05) is 0 Å². The van der Waals surface area contributed by atoms with E-state index in [-0.39, 0.29) is 11.3 Å². The third-order valence-electron chi connectivity index (χ3n) is 2.02. The molecule has 0 unspecified atom stereocenters. The summed E-state index contributed by atoms with van der Waals surface area (Å²) >= 11 is 0. The predicted molar refractivity (Wildman–Crippen MR) is 50.4 cm³/mol. The van der Waals surface area contributed by atoms with Crippen LogP contribution in [0.2, 0.25) is 0 Å². The van der Waals surface area contributed by atoms with Crippen molar-refractivity contribution in [2.24, 2.45) is 4.99 Å². The van der Waals surface area contributed by atoms with Gasteiger partial charge in [0.15, 0.2) is 5.04 Å². The van der Waals surface area contributed by atoms with Crippen LogP contribution in [0.4, 0.5) is 25.1 Å². The molecule has 7 heteroatoms. The lowest BCUT2D eigenvalue weighted by Gasteiger charge is -2.40. The number of hydrogen-bond donors (Lipinski definition) is 0. The van der Waals surface area contributed by atoms with Crippen molar-refractivity contribution >= 4 is 21.0 Å².